The van der Waals surface area contributed by atoms with E-state index in [2.05, 4.69) is 45.1 Å². The molecule has 0 unspecified atom stereocenters. The number of benzene rings is 1. The standard InChI is InChI=1S/C10H18O.C10H16O.C10H14O/c3*1-2-3-9-11-10-7-5-4-6-8-10/h7H,2-6,8-9H2,1H3;4-5,8H,2-3,6-7,9H2,1H3;4-8H,2-3,9H2,1H3. The zero-order valence-corrected chi connectivity index (χ0v) is 21.5. The van der Waals surface area contributed by atoms with Crippen LogP contribution in [0.1, 0.15) is 97.8 Å². The molecule has 0 bridgehead atoms. The third-order valence-electron chi connectivity index (χ3n) is 5.30. The van der Waals surface area contributed by atoms with Crippen LogP contribution in [0.4, 0.5) is 0 Å². The van der Waals surface area contributed by atoms with Crippen LogP contribution in [-0.4, -0.2) is 19.8 Å². The second kappa shape index (κ2) is 21.7. The number of hydrogen-bond acceptors (Lipinski definition) is 3. The first-order valence-corrected chi connectivity index (χ1v) is 13.3. The average molecular weight is 457 g/mol. The Hall–Kier alpha value is -2.16. The van der Waals surface area contributed by atoms with Crippen molar-refractivity contribution in [1.82, 2.24) is 0 Å². The molecule has 0 amide bonds. The molecular weight excluding hydrogens is 408 g/mol. The van der Waals surface area contributed by atoms with Crippen molar-refractivity contribution in [1.29, 1.82) is 0 Å². The SMILES string of the molecule is CCCCOC1=CCC=CC1.CCCCOC1=CCCCC1.CCCCOc1ccccc1. The van der Waals surface area contributed by atoms with Crippen LogP contribution in [0.15, 0.2) is 66.2 Å². The molecule has 0 saturated carbocycles. The molecule has 0 radical (unpaired) electrons. The molecule has 2 aliphatic rings. The Balaban J connectivity index is 0.000000247. The predicted molar refractivity (Wildman–Crippen MR) is 142 cm³/mol. The number of para-hydroxylation sites is 1. The van der Waals surface area contributed by atoms with Gasteiger partial charge in [0.1, 0.15) is 5.75 Å². The molecule has 186 valence electrons. The van der Waals surface area contributed by atoms with Gasteiger partial charge in [-0.2, -0.15) is 0 Å². The second-order valence-corrected chi connectivity index (χ2v) is 8.42. The quantitative estimate of drug-likeness (QED) is 0.232. The van der Waals surface area contributed by atoms with E-state index in [1.807, 2.05) is 30.3 Å². The van der Waals surface area contributed by atoms with Crippen LogP contribution in [0.2, 0.25) is 0 Å². The first-order valence-electron chi connectivity index (χ1n) is 13.3. The van der Waals surface area contributed by atoms with E-state index in [9.17, 15) is 0 Å². The molecule has 0 aliphatic heterocycles. The Morgan fingerprint density at radius 1 is 0.667 bits per heavy atom. The van der Waals surface area contributed by atoms with Gasteiger partial charge in [0.15, 0.2) is 0 Å². The fraction of sp³-hybridized carbons (Fsp3) is 0.600. The number of ether oxygens (including phenoxy) is 3. The summed E-state index contributed by atoms with van der Waals surface area (Å²) in [7, 11) is 0. The summed E-state index contributed by atoms with van der Waals surface area (Å²) in [5, 5.41) is 0. The predicted octanol–water partition coefficient (Wildman–Crippen LogP) is 9.16. The first-order chi connectivity index (χ1) is 16.3. The van der Waals surface area contributed by atoms with Gasteiger partial charge in [-0.05, 0) is 69.2 Å². The maximum Gasteiger partial charge on any atom is 0.119 e. The monoisotopic (exact) mass is 456 g/mol. The molecule has 3 rings (SSSR count). The normalized spacial score (nSPS) is 14.5. The van der Waals surface area contributed by atoms with E-state index in [1.54, 1.807) is 0 Å². The Kier molecular flexibility index (Phi) is 19.0. The van der Waals surface area contributed by atoms with E-state index in [-0.39, 0.29) is 0 Å². The summed E-state index contributed by atoms with van der Waals surface area (Å²) >= 11 is 0. The van der Waals surface area contributed by atoms with Crippen molar-refractivity contribution < 1.29 is 14.2 Å². The summed E-state index contributed by atoms with van der Waals surface area (Å²) in [6.07, 6.45) is 23.0. The Morgan fingerprint density at radius 2 is 1.30 bits per heavy atom. The van der Waals surface area contributed by atoms with Gasteiger partial charge in [-0.1, -0.05) is 70.4 Å². The van der Waals surface area contributed by atoms with Gasteiger partial charge < -0.3 is 14.2 Å². The average Bonchev–Trinajstić information content (AvgIpc) is 2.87. The second-order valence-electron chi connectivity index (χ2n) is 8.42. The molecule has 3 heteroatoms. The topological polar surface area (TPSA) is 27.7 Å². The minimum atomic E-state index is 0.834. The van der Waals surface area contributed by atoms with Gasteiger partial charge in [0, 0.05) is 12.8 Å². The zero-order chi connectivity index (χ0) is 23.8. The highest BCUT2D eigenvalue weighted by Gasteiger charge is 2.03. The summed E-state index contributed by atoms with van der Waals surface area (Å²) in [5.74, 6) is 3.37. The van der Waals surface area contributed by atoms with Gasteiger partial charge in [0.25, 0.3) is 0 Å². The summed E-state index contributed by atoms with van der Waals surface area (Å²) in [6.45, 7) is 9.17. The van der Waals surface area contributed by atoms with E-state index in [4.69, 9.17) is 14.2 Å². The van der Waals surface area contributed by atoms with Crippen molar-refractivity contribution in [3.8, 4) is 5.75 Å². The third kappa shape index (κ3) is 17.0. The molecule has 1 aromatic rings. The zero-order valence-electron chi connectivity index (χ0n) is 21.5. The number of rotatable bonds is 12. The van der Waals surface area contributed by atoms with Crippen LogP contribution in [-0.2, 0) is 9.47 Å². The van der Waals surface area contributed by atoms with Gasteiger partial charge in [0.2, 0.25) is 0 Å². The minimum absolute atomic E-state index is 0.834. The Labute approximate surface area is 203 Å². The van der Waals surface area contributed by atoms with Gasteiger partial charge in [-0.3, -0.25) is 0 Å². The fourth-order valence-corrected chi connectivity index (χ4v) is 3.18. The van der Waals surface area contributed by atoms with E-state index in [0.29, 0.717) is 0 Å². The molecule has 0 atom stereocenters. The van der Waals surface area contributed by atoms with Crippen LogP contribution in [0.3, 0.4) is 0 Å². The maximum atomic E-state index is 5.58. The van der Waals surface area contributed by atoms with E-state index in [0.717, 1.165) is 50.6 Å². The molecule has 0 heterocycles. The fourth-order valence-electron chi connectivity index (χ4n) is 3.18. The van der Waals surface area contributed by atoms with E-state index in [1.165, 1.54) is 63.5 Å². The van der Waals surface area contributed by atoms with Crippen LogP contribution < -0.4 is 4.74 Å². The van der Waals surface area contributed by atoms with E-state index >= 15 is 0 Å². The van der Waals surface area contributed by atoms with Crippen molar-refractivity contribution >= 4 is 0 Å². The highest BCUT2D eigenvalue weighted by Crippen LogP contribution is 2.18. The summed E-state index contributed by atoms with van der Waals surface area (Å²) in [4.78, 5) is 0. The molecule has 1 aromatic carbocycles. The van der Waals surface area contributed by atoms with Crippen molar-refractivity contribution in [2.24, 2.45) is 0 Å². The molecule has 0 fully saturated rings. The number of hydrogen-bond donors (Lipinski definition) is 0. The lowest BCUT2D eigenvalue weighted by Crippen LogP contribution is -1.98. The molecule has 0 aromatic heterocycles. The molecule has 3 nitrogen and oxygen atoms in total. The van der Waals surface area contributed by atoms with Crippen molar-refractivity contribution in [2.45, 2.75) is 97.8 Å². The lowest BCUT2D eigenvalue weighted by Gasteiger charge is -2.13. The van der Waals surface area contributed by atoms with Crippen molar-refractivity contribution in [3.05, 3.63) is 66.2 Å². The van der Waals surface area contributed by atoms with Gasteiger partial charge in [0.05, 0.1) is 31.3 Å². The largest absolute Gasteiger partial charge is 0.498 e. The van der Waals surface area contributed by atoms with Crippen LogP contribution in [0.25, 0.3) is 0 Å². The van der Waals surface area contributed by atoms with Gasteiger partial charge in [-0.25, -0.2) is 0 Å². The third-order valence-corrected chi connectivity index (χ3v) is 5.30. The molecular formula is C30H48O3. The number of allylic oxidation sites excluding steroid dienone is 5. The van der Waals surface area contributed by atoms with Gasteiger partial charge in [-0.15, -0.1) is 0 Å². The maximum absolute atomic E-state index is 5.58. The smallest absolute Gasteiger partial charge is 0.119 e. The molecule has 0 spiro atoms. The van der Waals surface area contributed by atoms with Crippen molar-refractivity contribution in [3.63, 3.8) is 0 Å². The molecule has 33 heavy (non-hydrogen) atoms. The summed E-state index contributed by atoms with van der Waals surface area (Å²) in [6, 6.07) is 9.93. The Morgan fingerprint density at radius 3 is 1.85 bits per heavy atom. The summed E-state index contributed by atoms with van der Waals surface area (Å²) < 4.78 is 16.6. The van der Waals surface area contributed by atoms with Crippen LogP contribution in [0, 0.1) is 0 Å². The number of unbranched alkanes of at least 4 members (excludes halogenated alkanes) is 3. The lowest BCUT2D eigenvalue weighted by molar-refractivity contribution is 0.191. The Bertz CT molecular complexity index is 632. The molecule has 2 aliphatic carbocycles. The highest BCUT2D eigenvalue weighted by atomic mass is 16.5. The molecule has 0 N–H and O–H groups in total. The lowest BCUT2D eigenvalue weighted by atomic mass is 10.1. The van der Waals surface area contributed by atoms with Crippen LogP contribution in [0.5, 0.6) is 5.75 Å². The van der Waals surface area contributed by atoms with Gasteiger partial charge >= 0.3 is 0 Å². The highest BCUT2D eigenvalue weighted by molar-refractivity contribution is 5.20. The van der Waals surface area contributed by atoms with Crippen LogP contribution >= 0.6 is 0 Å². The minimum Gasteiger partial charge on any atom is -0.498 e. The van der Waals surface area contributed by atoms with E-state index < -0.39 is 0 Å². The first kappa shape index (κ1) is 28.9. The molecule has 0 saturated heterocycles. The summed E-state index contributed by atoms with van der Waals surface area (Å²) in [5.41, 5.74) is 0. The van der Waals surface area contributed by atoms with Crippen molar-refractivity contribution in [2.75, 3.05) is 19.8 Å².